The lowest BCUT2D eigenvalue weighted by atomic mass is 9.85. The van der Waals surface area contributed by atoms with E-state index in [-0.39, 0.29) is 11.8 Å². The van der Waals surface area contributed by atoms with Crippen LogP contribution in [0.2, 0.25) is 0 Å². The smallest absolute Gasteiger partial charge is 0.122 e. The highest BCUT2D eigenvalue weighted by Crippen LogP contribution is 2.50. The fourth-order valence-electron chi connectivity index (χ4n) is 8.16. The average molecular weight is 763 g/mol. The lowest BCUT2D eigenvalue weighted by Crippen LogP contribution is -2.10. The fraction of sp³-hybridized carbons (Fsp3) is 0.0364. The van der Waals surface area contributed by atoms with Crippen molar-refractivity contribution in [1.82, 2.24) is 0 Å². The van der Waals surface area contributed by atoms with Crippen LogP contribution in [0.1, 0.15) is 29.5 Å². The molecule has 0 bridgehead atoms. The van der Waals surface area contributed by atoms with Crippen molar-refractivity contribution >= 4 is 48.1 Å². The first-order chi connectivity index (χ1) is 28.5. The van der Waals surface area contributed by atoms with Gasteiger partial charge in [0.2, 0.25) is 0 Å². The van der Waals surface area contributed by atoms with E-state index >= 15 is 0 Å². The van der Waals surface area contributed by atoms with E-state index in [1.807, 2.05) is 41.7 Å². The summed E-state index contributed by atoms with van der Waals surface area (Å²) in [4.78, 5) is 0. The van der Waals surface area contributed by atoms with Crippen molar-refractivity contribution in [3.8, 4) is 44.5 Å². The van der Waals surface area contributed by atoms with Gasteiger partial charge in [0, 0.05) is 37.2 Å². The van der Waals surface area contributed by atoms with Crippen LogP contribution in [0, 0.1) is 5.41 Å². The van der Waals surface area contributed by atoms with E-state index in [4.69, 9.17) is 11.1 Å². The second-order valence-corrected chi connectivity index (χ2v) is 15.6. The Hall–Kier alpha value is -7.07. The molecule has 0 radical (unpaired) electrons. The van der Waals surface area contributed by atoms with E-state index in [2.05, 4.69) is 189 Å². The summed E-state index contributed by atoms with van der Waals surface area (Å²) < 4.78 is 2.65. The minimum Gasteiger partial charge on any atom is -0.384 e. The van der Waals surface area contributed by atoms with Gasteiger partial charge < -0.3 is 5.73 Å². The topological polar surface area (TPSA) is 49.9 Å². The Morgan fingerprint density at radius 2 is 0.931 bits per heavy atom. The molecule has 2 nitrogen and oxygen atoms in total. The molecule has 0 fully saturated rings. The molecular weight excluding hydrogens is 721 g/mol. The predicted molar refractivity (Wildman–Crippen MR) is 250 cm³/mol. The third kappa shape index (κ3) is 7.09. The van der Waals surface area contributed by atoms with Crippen LogP contribution in [0.5, 0.6) is 0 Å². The Kier molecular flexibility index (Phi) is 10.2. The van der Waals surface area contributed by atoms with Crippen molar-refractivity contribution in [2.24, 2.45) is 5.73 Å². The summed E-state index contributed by atoms with van der Waals surface area (Å²) in [7, 11) is 0. The quantitative estimate of drug-likeness (QED) is 0.123. The van der Waals surface area contributed by atoms with Gasteiger partial charge in [-0.3, -0.25) is 5.41 Å². The highest BCUT2D eigenvalue weighted by atomic mass is 32.1. The molecule has 1 aromatic heterocycles. The standard InChI is InChI=1S/C48H34S.C7H8N2/c1-32(33-16-6-2-7-17-33)38-26-28-42(41-25-15-14-24-40(38)41)43-29-27-39(35-20-10-4-11-21-35)48-46(43)45-31-37(34-18-8-3-9-19-34)30-44(47(45)49-48)36-22-12-5-13-23-36;8-7(9)6-4-2-1-3-5-6/h2-32H,1H3;1-5H,(H3,8,9). The number of thiophene rings is 1. The Bertz CT molecular complexity index is 3010. The molecule has 0 amide bonds. The number of hydrogen-bond donors (Lipinski definition) is 2. The number of nitrogen functional groups attached to an aromatic ring is 1. The first-order valence-electron chi connectivity index (χ1n) is 19.7. The molecule has 0 aliphatic carbocycles. The van der Waals surface area contributed by atoms with Crippen molar-refractivity contribution in [2.75, 3.05) is 0 Å². The lowest BCUT2D eigenvalue weighted by Gasteiger charge is -2.18. The minimum absolute atomic E-state index is 0.121. The van der Waals surface area contributed by atoms with Crippen molar-refractivity contribution in [3.63, 3.8) is 0 Å². The minimum atomic E-state index is 0.121. The zero-order chi connectivity index (χ0) is 39.4. The summed E-state index contributed by atoms with van der Waals surface area (Å²) in [5.74, 6) is 0.403. The maximum absolute atomic E-state index is 7.01. The van der Waals surface area contributed by atoms with Crippen molar-refractivity contribution < 1.29 is 0 Å². The molecule has 1 unspecified atom stereocenters. The van der Waals surface area contributed by atoms with E-state index < -0.39 is 0 Å². The van der Waals surface area contributed by atoms with Gasteiger partial charge in [0.1, 0.15) is 5.84 Å². The summed E-state index contributed by atoms with van der Waals surface area (Å²) >= 11 is 1.93. The molecule has 0 saturated carbocycles. The molecule has 10 rings (SSSR count). The first-order valence-corrected chi connectivity index (χ1v) is 20.5. The molecule has 3 N–H and O–H groups in total. The Morgan fingerprint density at radius 1 is 0.431 bits per heavy atom. The van der Waals surface area contributed by atoms with Gasteiger partial charge in [-0.05, 0) is 73.0 Å². The van der Waals surface area contributed by atoms with Gasteiger partial charge in [0.25, 0.3) is 0 Å². The molecule has 1 atom stereocenters. The van der Waals surface area contributed by atoms with E-state index in [9.17, 15) is 0 Å². The number of fused-ring (bicyclic) bond motifs is 4. The van der Waals surface area contributed by atoms with Gasteiger partial charge in [0.15, 0.2) is 0 Å². The average Bonchev–Trinajstić information content (AvgIpc) is 3.69. The predicted octanol–water partition coefficient (Wildman–Crippen LogP) is 15.0. The second-order valence-electron chi connectivity index (χ2n) is 14.6. The second kappa shape index (κ2) is 16.2. The van der Waals surface area contributed by atoms with Crippen LogP contribution in [-0.4, -0.2) is 5.84 Å². The van der Waals surface area contributed by atoms with Crippen molar-refractivity contribution in [1.29, 1.82) is 5.41 Å². The Balaban J connectivity index is 0.000000430. The largest absolute Gasteiger partial charge is 0.384 e. The highest BCUT2D eigenvalue weighted by molar-refractivity contribution is 7.27. The van der Waals surface area contributed by atoms with E-state index in [0.717, 1.165) is 5.56 Å². The van der Waals surface area contributed by atoms with E-state index in [1.165, 1.54) is 86.6 Å². The van der Waals surface area contributed by atoms with Crippen LogP contribution in [-0.2, 0) is 0 Å². The summed E-state index contributed by atoms with van der Waals surface area (Å²) in [5, 5.41) is 12.2. The molecule has 9 aromatic carbocycles. The Morgan fingerprint density at radius 3 is 1.53 bits per heavy atom. The van der Waals surface area contributed by atoms with Crippen LogP contribution >= 0.6 is 11.3 Å². The molecule has 10 aromatic rings. The van der Waals surface area contributed by atoms with Crippen LogP contribution in [0.15, 0.2) is 212 Å². The molecule has 0 aliphatic rings. The summed E-state index contributed by atoms with van der Waals surface area (Å²) in [6, 6.07) is 75.9. The molecule has 0 aliphatic heterocycles. The highest BCUT2D eigenvalue weighted by Gasteiger charge is 2.21. The maximum atomic E-state index is 7.01. The van der Waals surface area contributed by atoms with E-state index in [1.54, 1.807) is 0 Å². The number of rotatable bonds is 7. The number of nitrogens with two attached hydrogens (primary N) is 1. The van der Waals surface area contributed by atoms with Crippen molar-refractivity contribution in [2.45, 2.75) is 12.8 Å². The lowest BCUT2D eigenvalue weighted by molar-refractivity contribution is 0.933. The fourth-order valence-corrected chi connectivity index (χ4v) is 9.53. The van der Waals surface area contributed by atoms with Crippen LogP contribution in [0.25, 0.3) is 75.5 Å². The third-order valence-electron chi connectivity index (χ3n) is 11.1. The molecule has 278 valence electrons. The summed E-state index contributed by atoms with van der Waals surface area (Å²) in [6.45, 7) is 2.33. The maximum Gasteiger partial charge on any atom is 0.122 e. The molecule has 0 saturated heterocycles. The third-order valence-corrected chi connectivity index (χ3v) is 12.4. The number of hydrogen-bond acceptors (Lipinski definition) is 2. The molecule has 1 heterocycles. The van der Waals surface area contributed by atoms with Crippen molar-refractivity contribution in [3.05, 3.63) is 229 Å². The first kappa shape index (κ1) is 36.6. The summed E-state index contributed by atoms with van der Waals surface area (Å²) in [5.41, 5.74) is 18.7. The summed E-state index contributed by atoms with van der Waals surface area (Å²) in [6.07, 6.45) is 0. The number of benzene rings is 9. The van der Waals surface area contributed by atoms with Gasteiger partial charge in [-0.25, -0.2) is 0 Å². The van der Waals surface area contributed by atoms with Crippen LogP contribution in [0.4, 0.5) is 0 Å². The van der Waals surface area contributed by atoms with E-state index in [0.29, 0.717) is 0 Å². The normalized spacial score (nSPS) is 11.6. The van der Waals surface area contributed by atoms with Gasteiger partial charge in [-0.15, -0.1) is 11.3 Å². The zero-order valence-corrected chi connectivity index (χ0v) is 33.1. The number of amidine groups is 1. The number of nitrogens with one attached hydrogen (secondary N) is 1. The molecule has 3 heteroatoms. The molecule has 58 heavy (non-hydrogen) atoms. The van der Waals surface area contributed by atoms with Crippen LogP contribution in [0.3, 0.4) is 0 Å². The van der Waals surface area contributed by atoms with Gasteiger partial charge in [0.05, 0.1) is 0 Å². The monoisotopic (exact) mass is 762 g/mol. The van der Waals surface area contributed by atoms with Gasteiger partial charge >= 0.3 is 0 Å². The van der Waals surface area contributed by atoms with Gasteiger partial charge in [-0.1, -0.05) is 207 Å². The zero-order valence-electron chi connectivity index (χ0n) is 32.3. The molecule has 0 spiro atoms. The SMILES string of the molecule is CC(c1ccccc1)c1ccc(-c2ccc(-c3ccccc3)c3sc4c(-c5ccccc5)cc(-c5ccccc5)cc4c23)c2ccccc12.N=C(N)c1ccccc1. The Labute approximate surface area is 344 Å². The van der Waals surface area contributed by atoms with Crippen LogP contribution < -0.4 is 5.73 Å². The molecular formula is C55H42N2S. The van der Waals surface area contributed by atoms with Gasteiger partial charge in [-0.2, -0.15) is 0 Å².